The number of aryl methyl sites for hydroxylation is 1. The topological polar surface area (TPSA) is 130 Å². The molecule has 0 aliphatic rings. The van der Waals surface area contributed by atoms with Crippen LogP contribution in [0.25, 0.3) is 50.3 Å². The first-order valence-electron chi connectivity index (χ1n) is 11.6. The molecule has 10 nitrogen and oxygen atoms in total. The van der Waals surface area contributed by atoms with Gasteiger partial charge in [0.15, 0.2) is 0 Å². The van der Waals surface area contributed by atoms with E-state index in [1.807, 2.05) is 55.8 Å². The van der Waals surface area contributed by atoms with Crippen LogP contribution in [0.5, 0.6) is 0 Å². The largest absolute Gasteiger partial charge is 0.338 e. The lowest BCUT2D eigenvalue weighted by atomic mass is 10.1. The van der Waals surface area contributed by atoms with Crippen LogP contribution in [0.3, 0.4) is 0 Å². The van der Waals surface area contributed by atoms with Crippen LogP contribution < -0.4 is 5.32 Å². The normalized spacial score (nSPS) is 11.6. The first-order chi connectivity index (χ1) is 17.5. The van der Waals surface area contributed by atoms with Gasteiger partial charge in [-0.25, -0.2) is 9.97 Å². The molecule has 0 aromatic carbocycles. The molecule has 0 atom stereocenters. The molecule has 3 N–H and O–H groups in total. The molecule has 6 heterocycles. The highest BCUT2D eigenvalue weighted by Crippen LogP contribution is 2.32. The van der Waals surface area contributed by atoms with Gasteiger partial charge in [0.05, 0.1) is 52.7 Å². The second-order valence-corrected chi connectivity index (χ2v) is 8.99. The Morgan fingerprint density at radius 2 is 1.94 bits per heavy atom. The second-order valence-electron chi connectivity index (χ2n) is 8.99. The van der Waals surface area contributed by atoms with Gasteiger partial charge in [0.1, 0.15) is 11.3 Å². The number of carbonyl (C=O) groups is 1. The SMILES string of the molecule is Cc1cn(-c2ccnc3[nH]c(-c4n[nH]c5cnc(-c6cncc(NC(=O)C(C)C)c6)cc45)cc23)cn1. The minimum atomic E-state index is -0.124. The number of aromatic nitrogens is 8. The quantitative estimate of drug-likeness (QED) is 0.331. The van der Waals surface area contributed by atoms with E-state index in [1.54, 1.807) is 31.1 Å². The summed E-state index contributed by atoms with van der Waals surface area (Å²) in [4.78, 5) is 33.2. The van der Waals surface area contributed by atoms with Gasteiger partial charge in [-0.1, -0.05) is 13.8 Å². The van der Waals surface area contributed by atoms with Gasteiger partial charge in [-0.3, -0.25) is 19.9 Å². The van der Waals surface area contributed by atoms with E-state index < -0.39 is 0 Å². The number of hydrogen-bond donors (Lipinski definition) is 3. The van der Waals surface area contributed by atoms with E-state index in [4.69, 9.17) is 0 Å². The number of nitrogens with one attached hydrogen (secondary N) is 3. The molecule has 6 rings (SSSR count). The van der Waals surface area contributed by atoms with Crippen molar-refractivity contribution in [1.82, 2.24) is 39.7 Å². The van der Waals surface area contributed by atoms with Gasteiger partial charge in [0, 0.05) is 40.8 Å². The molecule has 10 heteroatoms. The Kier molecular flexibility index (Phi) is 5.06. The zero-order valence-electron chi connectivity index (χ0n) is 19.9. The average molecular weight is 478 g/mol. The summed E-state index contributed by atoms with van der Waals surface area (Å²) in [6.07, 6.45) is 10.7. The first kappa shape index (κ1) is 21.7. The molecule has 6 aromatic rings. The number of nitrogens with zero attached hydrogens (tertiary/aromatic N) is 6. The third-order valence-electron chi connectivity index (χ3n) is 6.03. The molecule has 0 unspecified atom stereocenters. The predicted octanol–water partition coefficient (Wildman–Crippen LogP) is 4.65. The fourth-order valence-electron chi connectivity index (χ4n) is 4.13. The zero-order chi connectivity index (χ0) is 24.8. The average Bonchev–Trinajstić information content (AvgIpc) is 3.61. The molecule has 0 spiro atoms. The smallest absolute Gasteiger partial charge is 0.226 e. The first-order valence-corrected chi connectivity index (χ1v) is 11.6. The molecule has 1 amide bonds. The Balaban J connectivity index is 1.41. The van der Waals surface area contributed by atoms with E-state index in [0.717, 1.165) is 56.0 Å². The maximum Gasteiger partial charge on any atom is 0.226 e. The van der Waals surface area contributed by atoms with Crippen molar-refractivity contribution in [2.75, 3.05) is 5.32 Å². The monoisotopic (exact) mass is 477 g/mol. The number of pyridine rings is 3. The minimum absolute atomic E-state index is 0.0628. The molecule has 178 valence electrons. The van der Waals surface area contributed by atoms with E-state index in [0.29, 0.717) is 5.69 Å². The molecule has 36 heavy (non-hydrogen) atoms. The van der Waals surface area contributed by atoms with Crippen LogP contribution in [0.1, 0.15) is 19.5 Å². The summed E-state index contributed by atoms with van der Waals surface area (Å²) in [5.41, 5.74) is 7.24. The molecule has 0 saturated heterocycles. The standard InChI is InChI=1S/C26H23N9O/c1-14(2)26(36)31-17-6-16(9-27-10-17)20-7-18-22(11-29-20)33-34-24(18)21-8-19-23(4-5-28-25(19)32-21)35-12-15(3)30-13-35/h4-14H,1-3H3,(H,28,32)(H,31,36)(H,33,34). The van der Waals surface area contributed by atoms with Crippen molar-refractivity contribution in [3.63, 3.8) is 0 Å². The molecule has 0 aliphatic carbocycles. The van der Waals surface area contributed by atoms with E-state index in [-0.39, 0.29) is 11.8 Å². The summed E-state index contributed by atoms with van der Waals surface area (Å²) in [6, 6.07) is 7.85. The molecular weight excluding hydrogens is 454 g/mol. The molecule has 0 aliphatic heterocycles. The number of fused-ring (bicyclic) bond motifs is 2. The number of amides is 1. The van der Waals surface area contributed by atoms with Crippen molar-refractivity contribution in [2.45, 2.75) is 20.8 Å². The van der Waals surface area contributed by atoms with Crippen LogP contribution in [0.4, 0.5) is 5.69 Å². The molecular formula is C26H23N9O. The maximum absolute atomic E-state index is 12.1. The lowest BCUT2D eigenvalue weighted by molar-refractivity contribution is -0.118. The van der Waals surface area contributed by atoms with Gasteiger partial charge in [-0.2, -0.15) is 5.10 Å². The van der Waals surface area contributed by atoms with Crippen LogP contribution in [0.15, 0.2) is 61.6 Å². The molecule has 0 saturated carbocycles. The Morgan fingerprint density at radius 3 is 2.75 bits per heavy atom. The highest BCUT2D eigenvalue weighted by atomic mass is 16.1. The lowest BCUT2D eigenvalue weighted by Gasteiger charge is -2.08. The van der Waals surface area contributed by atoms with Crippen LogP contribution in [-0.4, -0.2) is 45.6 Å². The summed E-state index contributed by atoms with van der Waals surface area (Å²) in [7, 11) is 0. The number of rotatable bonds is 5. The summed E-state index contributed by atoms with van der Waals surface area (Å²) >= 11 is 0. The van der Waals surface area contributed by atoms with Gasteiger partial charge in [0.25, 0.3) is 0 Å². The third-order valence-corrected chi connectivity index (χ3v) is 6.03. The molecule has 0 radical (unpaired) electrons. The lowest BCUT2D eigenvalue weighted by Crippen LogP contribution is -2.17. The Hall–Kier alpha value is -4.86. The van der Waals surface area contributed by atoms with Crippen LogP contribution in [0.2, 0.25) is 0 Å². The van der Waals surface area contributed by atoms with Crippen molar-refractivity contribution in [3.8, 4) is 28.3 Å². The minimum Gasteiger partial charge on any atom is -0.338 e. The summed E-state index contributed by atoms with van der Waals surface area (Å²) in [5, 5.41) is 12.4. The van der Waals surface area contributed by atoms with Gasteiger partial charge in [0.2, 0.25) is 5.91 Å². The highest BCUT2D eigenvalue weighted by molar-refractivity contribution is 5.98. The Bertz CT molecular complexity index is 1740. The number of imidazole rings is 1. The zero-order valence-corrected chi connectivity index (χ0v) is 19.9. The Labute approximate surface area is 205 Å². The summed E-state index contributed by atoms with van der Waals surface area (Å²) < 4.78 is 1.99. The second kappa shape index (κ2) is 8.42. The Morgan fingerprint density at radius 1 is 1.06 bits per heavy atom. The van der Waals surface area contributed by atoms with E-state index >= 15 is 0 Å². The highest BCUT2D eigenvalue weighted by Gasteiger charge is 2.16. The van der Waals surface area contributed by atoms with Crippen molar-refractivity contribution in [2.24, 2.45) is 5.92 Å². The number of aromatic amines is 2. The van der Waals surface area contributed by atoms with Gasteiger partial charge in [-0.15, -0.1) is 0 Å². The maximum atomic E-state index is 12.1. The van der Waals surface area contributed by atoms with Crippen molar-refractivity contribution in [1.29, 1.82) is 0 Å². The van der Waals surface area contributed by atoms with Crippen LogP contribution in [-0.2, 0) is 4.79 Å². The van der Waals surface area contributed by atoms with Crippen molar-refractivity contribution >= 4 is 33.5 Å². The van der Waals surface area contributed by atoms with E-state index in [1.165, 1.54) is 0 Å². The number of H-pyrrole nitrogens is 2. The number of anilines is 1. The summed E-state index contributed by atoms with van der Waals surface area (Å²) in [6.45, 7) is 5.66. The predicted molar refractivity (Wildman–Crippen MR) is 138 cm³/mol. The molecule has 0 bridgehead atoms. The van der Waals surface area contributed by atoms with E-state index in [9.17, 15) is 4.79 Å². The van der Waals surface area contributed by atoms with Crippen LogP contribution in [0, 0.1) is 12.8 Å². The van der Waals surface area contributed by atoms with Crippen LogP contribution >= 0.6 is 0 Å². The fourth-order valence-corrected chi connectivity index (χ4v) is 4.13. The van der Waals surface area contributed by atoms with Gasteiger partial charge < -0.3 is 14.9 Å². The molecule has 6 aromatic heterocycles. The van der Waals surface area contributed by atoms with Crippen molar-refractivity contribution < 1.29 is 4.79 Å². The summed E-state index contributed by atoms with van der Waals surface area (Å²) in [5.74, 6) is -0.187. The molecule has 0 fully saturated rings. The van der Waals surface area contributed by atoms with Crippen molar-refractivity contribution in [3.05, 3.63) is 67.3 Å². The number of carbonyl (C=O) groups excluding carboxylic acids is 1. The fraction of sp³-hybridized carbons (Fsp3) is 0.154. The number of hydrogen-bond acceptors (Lipinski definition) is 6. The van der Waals surface area contributed by atoms with Gasteiger partial charge in [-0.05, 0) is 31.2 Å². The van der Waals surface area contributed by atoms with Gasteiger partial charge >= 0.3 is 0 Å². The van der Waals surface area contributed by atoms with E-state index in [2.05, 4.69) is 40.4 Å². The third kappa shape index (κ3) is 3.78.